The van der Waals surface area contributed by atoms with Gasteiger partial charge in [-0.2, -0.15) is 0 Å². The summed E-state index contributed by atoms with van der Waals surface area (Å²) in [5, 5.41) is 9.18. The molecule has 1 aromatic carbocycles. The van der Waals surface area contributed by atoms with Gasteiger partial charge in [-0.1, -0.05) is 6.07 Å². The summed E-state index contributed by atoms with van der Waals surface area (Å²) in [6, 6.07) is 4.91. The molecule has 1 atom stereocenters. The van der Waals surface area contributed by atoms with Crippen molar-refractivity contribution in [3.63, 3.8) is 0 Å². The van der Waals surface area contributed by atoms with E-state index in [1.165, 1.54) is 32.2 Å². The van der Waals surface area contributed by atoms with Gasteiger partial charge in [-0.15, -0.1) is 0 Å². The van der Waals surface area contributed by atoms with Crippen LogP contribution in [0, 0.1) is 5.82 Å². The van der Waals surface area contributed by atoms with Crippen LogP contribution in [0.5, 0.6) is 0 Å². The second-order valence-electron chi connectivity index (χ2n) is 4.31. The minimum atomic E-state index is -1.10. The molecule has 0 aliphatic carbocycles. The molecule has 2 N–H and O–H groups in total. The maximum absolute atomic E-state index is 13.5. The van der Waals surface area contributed by atoms with E-state index in [1.807, 2.05) is 0 Å². The number of carbonyl (C=O) groups is 2. The lowest BCUT2D eigenvalue weighted by Gasteiger charge is -2.20. The molecule has 0 spiro atoms. The van der Waals surface area contributed by atoms with Crippen LogP contribution >= 0.6 is 0 Å². The summed E-state index contributed by atoms with van der Waals surface area (Å²) in [5.74, 6) is -2.02. The normalized spacial score (nSPS) is 12.4. The molecule has 5 nitrogen and oxygen atoms in total. The van der Waals surface area contributed by atoms with Crippen molar-refractivity contribution in [1.82, 2.24) is 9.88 Å². The molecule has 0 saturated heterocycles. The predicted octanol–water partition coefficient (Wildman–Crippen LogP) is 1.85. The molecule has 1 amide bonds. The van der Waals surface area contributed by atoms with E-state index in [-0.39, 0.29) is 5.69 Å². The number of rotatable bonds is 3. The Bertz CT molecular complexity index is 650. The van der Waals surface area contributed by atoms with E-state index in [1.54, 1.807) is 6.07 Å². The number of fused-ring (bicyclic) bond motifs is 1. The molecule has 100 valence electrons. The topological polar surface area (TPSA) is 73.4 Å². The second kappa shape index (κ2) is 4.72. The van der Waals surface area contributed by atoms with Crippen molar-refractivity contribution in [1.29, 1.82) is 0 Å². The zero-order valence-corrected chi connectivity index (χ0v) is 10.5. The van der Waals surface area contributed by atoms with Crippen LogP contribution in [0.4, 0.5) is 4.39 Å². The highest BCUT2D eigenvalue weighted by atomic mass is 19.1. The van der Waals surface area contributed by atoms with Gasteiger partial charge in [-0.25, -0.2) is 9.18 Å². The fraction of sp³-hybridized carbons (Fsp3) is 0.231. The first-order valence-electron chi connectivity index (χ1n) is 5.69. The van der Waals surface area contributed by atoms with E-state index in [4.69, 9.17) is 5.11 Å². The summed E-state index contributed by atoms with van der Waals surface area (Å²) in [7, 11) is 1.39. The highest BCUT2D eigenvalue weighted by Gasteiger charge is 2.24. The molecule has 0 radical (unpaired) electrons. The third-order valence-electron chi connectivity index (χ3n) is 3.10. The quantitative estimate of drug-likeness (QED) is 0.888. The Morgan fingerprint density at radius 1 is 1.42 bits per heavy atom. The Morgan fingerprint density at radius 3 is 2.68 bits per heavy atom. The third kappa shape index (κ3) is 2.29. The van der Waals surface area contributed by atoms with Crippen molar-refractivity contribution in [2.24, 2.45) is 0 Å². The van der Waals surface area contributed by atoms with Gasteiger partial charge >= 0.3 is 5.97 Å². The first-order chi connectivity index (χ1) is 8.91. The van der Waals surface area contributed by atoms with Crippen molar-refractivity contribution in [3.8, 4) is 0 Å². The third-order valence-corrected chi connectivity index (χ3v) is 3.10. The molecule has 0 aliphatic rings. The van der Waals surface area contributed by atoms with Gasteiger partial charge in [0.25, 0.3) is 5.91 Å². The number of nitrogens with one attached hydrogen (secondary N) is 1. The summed E-state index contributed by atoms with van der Waals surface area (Å²) in [5.41, 5.74) is 0.662. The number of amides is 1. The number of hydrogen-bond donors (Lipinski definition) is 2. The fourth-order valence-corrected chi connectivity index (χ4v) is 1.76. The molecule has 0 saturated carbocycles. The van der Waals surface area contributed by atoms with E-state index in [0.717, 1.165) is 4.90 Å². The minimum Gasteiger partial charge on any atom is -0.480 e. The molecule has 2 rings (SSSR count). The van der Waals surface area contributed by atoms with Gasteiger partial charge in [0.2, 0.25) is 0 Å². The lowest BCUT2D eigenvalue weighted by molar-refractivity contribution is -0.141. The van der Waals surface area contributed by atoms with Gasteiger partial charge in [-0.3, -0.25) is 4.79 Å². The zero-order chi connectivity index (χ0) is 14.2. The molecular formula is C13H13FN2O3. The summed E-state index contributed by atoms with van der Waals surface area (Å²) in [6.07, 6.45) is 0. The maximum Gasteiger partial charge on any atom is 0.326 e. The fourth-order valence-electron chi connectivity index (χ4n) is 1.76. The Labute approximate surface area is 108 Å². The van der Waals surface area contributed by atoms with Crippen molar-refractivity contribution in [3.05, 3.63) is 35.8 Å². The average Bonchev–Trinajstić information content (AvgIpc) is 2.81. The van der Waals surface area contributed by atoms with Crippen molar-refractivity contribution >= 4 is 22.8 Å². The zero-order valence-electron chi connectivity index (χ0n) is 10.5. The first kappa shape index (κ1) is 13.1. The number of likely N-dealkylation sites (N-methyl/N-ethyl adjacent to an activating group) is 1. The summed E-state index contributed by atoms with van der Waals surface area (Å²) in [4.78, 5) is 26.8. The summed E-state index contributed by atoms with van der Waals surface area (Å²) < 4.78 is 13.5. The van der Waals surface area contributed by atoms with Crippen LogP contribution in [-0.2, 0) is 4.79 Å². The van der Waals surface area contributed by atoms with E-state index < -0.39 is 23.7 Å². The number of carboxylic acid groups (broad SMARTS) is 1. The van der Waals surface area contributed by atoms with Gasteiger partial charge in [0.05, 0.1) is 0 Å². The molecule has 0 fully saturated rings. The Kier molecular flexibility index (Phi) is 3.25. The smallest absolute Gasteiger partial charge is 0.326 e. The number of aliphatic carboxylic acids is 1. The molecule has 1 aromatic heterocycles. The van der Waals surface area contributed by atoms with Gasteiger partial charge in [-0.05, 0) is 25.1 Å². The predicted molar refractivity (Wildman–Crippen MR) is 67.4 cm³/mol. The number of carboxylic acids is 1. The SMILES string of the molecule is CC(C(=O)O)N(C)C(=O)c1cc2c(F)cccc2[nH]1. The van der Waals surface area contributed by atoms with Gasteiger partial charge in [0.1, 0.15) is 17.6 Å². The van der Waals surface area contributed by atoms with Crippen LogP contribution in [-0.4, -0.2) is 40.0 Å². The van der Waals surface area contributed by atoms with Crippen LogP contribution in [0.3, 0.4) is 0 Å². The average molecular weight is 264 g/mol. The van der Waals surface area contributed by atoms with Crippen LogP contribution in [0.1, 0.15) is 17.4 Å². The van der Waals surface area contributed by atoms with Gasteiger partial charge in [0.15, 0.2) is 0 Å². The van der Waals surface area contributed by atoms with E-state index >= 15 is 0 Å². The lowest BCUT2D eigenvalue weighted by atomic mass is 10.2. The van der Waals surface area contributed by atoms with E-state index in [9.17, 15) is 14.0 Å². The van der Waals surface area contributed by atoms with Crippen LogP contribution < -0.4 is 0 Å². The Morgan fingerprint density at radius 2 is 2.11 bits per heavy atom. The number of aromatic amines is 1. The largest absolute Gasteiger partial charge is 0.480 e. The second-order valence-corrected chi connectivity index (χ2v) is 4.31. The lowest BCUT2D eigenvalue weighted by Crippen LogP contribution is -2.40. The molecule has 19 heavy (non-hydrogen) atoms. The van der Waals surface area contributed by atoms with Crippen molar-refractivity contribution in [2.45, 2.75) is 13.0 Å². The Hall–Kier alpha value is -2.37. The molecule has 1 unspecified atom stereocenters. The van der Waals surface area contributed by atoms with E-state index in [0.29, 0.717) is 10.9 Å². The van der Waals surface area contributed by atoms with Crippen LogP contribution in [0.25, 0.3) is 10.9 Å². The monoisotopic (exact) mass is 264 g/mol. The van der Waals surface area contributed by atoms with Gasteiger partial charge in [0, 0.05) is 18.0 Å². The number of H-pyrrole nitrogens is 1. The molecule has 0 bridgehead atoms. The molecular weight excluding hydrogens is 251 g/mol. The van der Waals surface area contributed by atoms with Gasteiger partial charge < -0.3 is 15.0 Å². The molecule has 6 heteroatoms. The minimum absolute atomic E-state index is 0.163. The molecule has 1 heterocycles. The van der Waals surface area contributed by atoms with Crippen LogP contribution in [0.15, 0.2) is 24.3 Å². The standard InChI is InChI=1S/C13H13FN2O3/c1-7(13(18)19)16(2)12(17)11-6-8-9(14)4-3-5-10(8)15-11/h3-7,15H,1-2H3,(H,18,19). The number of benzene rings is 1. The summed E-state index contributed by atoms with van der Waals surface area (Å²) in [6.45, 7) is 1.41. The Balaban J connectivity index is 2.37. The summed E-state index contributed by atoms with van der Waals surface area (Å²) >= 11 is 0. The molecule has 2 aromatic rings. The number of carbonyl (C=O) groups excluding carboxylic acids is 1. The molecule has 0 aliphatic heterocycles. The highest BCUT2D eigenvalue weighted by Crippen LogP contribution is 2.19. The number of hydrogen-bond acceptors (Lipinski definition) is 2. The van der Waals surface area contributed by atoms with Crippen LogP contribution in [0.2, 0.25) is 0 Å². The van der Waals surface area contributed by atoms with E-state index in [2.05, 4.69) is 4.98 Å². The number of aromatic nitrogens is 1. The number of halogens is 1. The number of nitrogens with zero attached hydrogens (tertiary/aromatic N) is 1. The van der Waals surface area contributed by atoms with Crippen molar-refractivity contribution < 1.29 is 19.1 Å². The highest BCUT2D eigenvalue weighted by molar-refractivity contribution is 5.99. The maximum atomic E-state index is 13.5. The first-order valence-corrected chi connectivity index (χ1v) is 5.69. The van der Waals surface area contributed by atoms with Crippen molar-refractivity contribution in [2.75, 3.05) is 7.05 Å².